The van der Waals surface area contributed by atoms with Crippen LogP contribution in [0, 0.1) is 5.92 Å². The molecule has 33 heavy (non-hydrogen) atoms. The zero-order chi connectivity index (χ0) is 23.4. The number of aromatic nitrogens is 1. The van der Waals surface area contributed by atoms with E-state index in [1.54, 1.807) is 44.7 Å². The quantitative estimate of drug-likeness (QED) is 0.618. The molecule has 2 amide bonds. The molecule has 1 aromatic carbocycles. The fraction of sp³-hybridized carbons (Fsp3) is 0.520. The molecule has 2 atom stereocenters. The highest BCUT2D eigenvalue weighted by atomic mass is 35.5. The number of urea groups is 1. The third kappa shape index (κ3) is 5.96. The fourth-order valence-electron chi connectivity index (χ4n) is 5.08. The molecule has 178 valence electrons. The Kier molecular flexibility index (Phi) is 7.41. The van der Waals surface area contributed by atoms with E-state index in [1.807, 2.05) is 12.1 Å². The molecule has 2 N–H and O–H groups in total. The minimum atomic E-state index is -0.218. The van der Waals surface area contributed by atoms with Crippen molar-refractivity contribution in [1.29, 1.82) is 0 Å². The van der Waals surface area contributed by atoms with Crippen molar-refractivity contribution in [2.45, 2.75) is 43.7 Å². The lowest BCUT2D eigenvalue weighted by molar-refractivity contribution is -0.0979. The van der Waals surface area contributed by atoms with Gasteiger partial charge < -0.3 is 25.0 Å². The summed E-state index contributed by atoms with van der Waals surface area (Å²) in [5, 5.41) is 6.72. The molecule has 4 rings (SSSR count). The van der Waals surface area contributed by atoms with Crippen LogP contribution in [0.3, 0.4) is 0 Å². The van der Waals surface area contributed by atoms with Crippen LogP contribution in [-0.4, -0.2) is 61.4 Å². The van der Waals surface area contributed by atoms with E-state index in [4.69, 9.17) is 21.1 Å². The van der Waals surface area contributed by atoms with Gasteiger partial charge in [0.2, 0.25) is 0 Å². The van der Waals surface area contributed by atoms with Gasteiger partial charge >= 0.3 is 6.03 Å². The summed E-state index contributed by atoms with van der Waals surface area (Å²) in [6, 6.07) is 10.8. The number of ether oxygens (including phenoxy) is 2. The van der Waals surface area contributed by atoms with Crippen LogP contribution in [-0.2, 0) is 4.74 Å². The van der Waals surface area contributed by atoms with Gasteiger partial charge in [0.25, 0.3) is 0 Å². The molecule has 0 spiro atoms. The van der Waals surface area contributed by atoms with Gasteiger partial charge in [-0.3, -0.25) is 4.98 Å². The maximum atomic E-state index is 12.7. The van der Waals surface area contributed by atoms with E-state index in [9.17, 15) is 4.79 Å². The molecule has 2 aliphatic rings. The molecule has 1 saturated heterocycles. The molecule has 2 fully saturated rings. The number of benzene rings is 1. The number of carbonyl (C=O) groups excluding carboxylic acids is 1. The normalized spacial score (nSPS) is 27.5. The Hall–Kier alpha value is -2.35. The molecule has 8 heteroatoms. The van der Waals surface area contributed by atoms with E-state index >= 15 is 0 Å². The summed E-state index contributed by atoms with van der Waals surface area (Å²) in [5.41, 5.74) is 1.70. The van der Waals surface area contributed by atoms with Crippen molar-refractivity contribution in [1.82, 2.24) is 15.2 Å². The summed E-state index contributed by atoms with van der Waals surface area (Å²) >= 11 is 5.94. The average molecular weight is 473 g/mol. The Morgan fingerprint density at radius 2 is 1.97 bits per heavy atom. The standard InChI is InChI=1S/C25H33ClN4O3/c1-25(33-3)12-17(13-25)15-30-11-10-23(21(16-30)22-9-8-20(32-2)14-27-22)29-24(31)28-19-6-4-18(26)5-7-19/h4-9,14,17,21,23H,10-13,15-16H2,1-3H3,(H2,28,29,31). The van der Waals surface area contributed by atoms with Crippen LogP contribution in [0.5, 0.6) is 5.75 Å². The minimum absolute atomic E-state index is 0.0138. The first kappa shape index (κ1) is 23.8. The summed E-state index contributed by atoms with van der Waals surface area (Å²) in [4.78, 5) is 19.9. The molecule has 0 radical (unpaired) electrons. The monoisotopic (exact) mass is 472 g/mol. The Labute approximate surface area is 200 Å². The lowest BCUT2D eigenvalue weighted by Crippen LogP contribution is -2.54. The summed E-state index contributed by atoms with van der Waals surface area (Å²) < 4.78 is 10.9. The van der Waals surface area contributed by atoms with Gasteiger partial charge in [0.05, 0.1) is 18.9 Å². The second-order valence-corrected chi connectivity index (χ2v) is 9.85. The first-order chi connectivity index (χ1) is 15.9. The van der Waals surface area contributed by atoms with Crippen molar-refractivity contribution in [2.75, 3.05) is 39.2 Å². The van der Waals surface area contributed by atoms with Crippen LogP contribution in [0.1, 0.15) is 37.8 Å². The highest BCUT2D eigenvalue weighted by Crippen LogP contribution is 2.41. The number of piperidine rings is 1. The Bertz CT molecular complexity index is 932. The van der Waals surface area contributed by atoms with Crippen molar-refractivity contribution < 1.29 is 14.3 Å². The lowest BCUT2D eigenvalue weighted by atomic mass is 9.71. The highest BCUT2D eigenvalue weighted by molar-refractivity contribution is 6.30. The number of hydrogen-bond donors (Lipinski definition) is 2. The van der Waals surface area contributed by atoms with Crippen LogP contribution in [0.2, 0.25) is 5.02 Å². The topological polar surface area (TPSA) is 75.7 Å². The van der Waals surface area contributed by atoms with Crippen molar-refractivity contribution >= 4 is 23.3 Å². The number of carbonyl (C=O) groups is 1. The molecule has 1 aromatic heterocycles. The van der Waals surface area contributed by atoms with E-state index in [0.717, 1.165) is 50.3 Å². The van der Waals surface area contributed by atoms with Crippen LogP contribution in [0.4, 0.5) is 10.5 Å². The number of nitrogens with zero attached hydrogens (tertiary/aromatic N) is 2. The molecular formula is C25H33ClN4O3. The van der Waals surface area contributed by atoms with E-state index in [0.29, 0.717) is 16.6 Å². The summed E-state index contributed by atoms with van der Waals surface area (Å²) in [7, 11) is 3.44. The maximum absolute atomic E-state index is 12.7. The van der Waals surface area contributed by atoms with Crippen LogP contribution in [0.15, 0.2) is 42.6 Å². The molecule has 1 saturated carbocycles. The second-order valence-electron chi connectivity index (χ2n) is 9.42. The van der Waals surface area contributed by atoms with Gasteiger partial charge in [-0.2, -0.15) is 0 Å². The Balaban J connectivity index is 1.42. The summed E-state index contributed by atoms with van der Waals surface area (Å²) in [6.07, 6.45) is 4.79. The smallest absolute Gasteiger partial charge is 0.319 e. The van der Waals surface area contributed by atoms with Crippen LogP contribution in [0.25, 0.3) is 0 Å². The average Bonchev–Trinajstić information content (AvgIpc) is 2.80. The van der Waals surface area contributed by atoms with Crippen LogP contribution < -0.4 is 15.4 Å². The molecule has 0 bridgehead atoms. The van der Waals surface area contributed by atoms with Gasteiger partial charge in [-0.25, -0.2) is 4.79 Å². The maximum Gasteiger partial charge on any atom is 0.319 e. The lowest BCUT2D eigenvalue weighted by Gasteiger charge is -2.47. The molecular weight excluding hydrogens is 440 g/mol. The number of pyridine rings is 1. The van der Waals surface area contributed by atoms with E-state index in [1.165, 1.54) is 0 Å². The molecule has 1 aliphatic heterocycles. The molecule has 2 heterocycles. The number of hydrogen-bond acceptors (Lipinski definition) is 5. The number of anilines is 1. The zero-order valence-corrected chi connectivity index (χ0v) is 20.3. The van der Waals surface area contributed by atoms with Crippen molar-refractivity contribution in [3.8, 4) is 5.75 Å². The number of rotatable bonds is 7. The van der Waals surface area contributed by atoms with Gasteiger partial charge in [0.15, 0.2) is 0 Å². The zero-order valence-electron chi connectivity index (χ0n) is 19.5. The number of methoxy groups -OCH3 is 2. The van der Waals surface area contributed by atoms with Crippen LogP contribution >= 0.6 is 11.6 Å². The van der Waals surface area contributed by atoms with Gasteiger partial charge in [0.1, 0.15) is 5.75 Å². The Morgan fingerprint density at radius 3 is 2.61 bits per heavy atom. The predicted octanol–water partition coefficient (Wildman–Crippen LogP) is 4.54. The first-order valence-corrected chi connectivity index (χ1v) is 11.9. The predicted molar refractivity (Wildman–Crippen MR) is 130 cm³/mol. The number of amides is 2. The molecule has 1 aliphatic carbocycles. The van der Waals surface area contributed by atoms with Crippen molar-refractivity contribution in [2.24, 2.45) is 5.92 Å². The minimum Gasteiger partial charge on any atom is -0.495 e. The fourth-order valence-corrected chi connectivity index (χ4v) is 5.21. The summed E-state index contributed by atoms with van der Waals surface area (Å²) in [6.45, 7) is 5.03. The SMILES string of the molecule is COc1ccc(C2CN(CC3CC(C)(OC)C3)CCC2NC(=O)Nc2ccc(Cl)cc2)nc1. The summed E-state index contributed by atoms with van der Waals surface area (Å²) in [5.74, 6) is 1.47. The largest absolute Gasteiger partial charge is 0.495 e. The number of likely N-dealkylation sites (tertiary alicyclic amines) is 1. The van der Waals surface area contributed by atoms with Crippen molar-refractivity contribution in [3.63, 3.8) is 0 Å². The second kappa shape index (κ2) is 10.3. The van der Waals surface area contributed by atoms with Crippen molar-refractivity contribution in [3.05, 3.63) is 53.3 Å². The number of halogens is 1. The third-order valence-corrected chi connectivity index (χ3v) is 7.19. The highest BCUT2D eigenvalue weighted by Gasteiger charge is 2.42. The Morgan fingerprint density at radius 1 is 1.21 bits per heavy atom. The number of nitrogens with one attached hydrogen (secondary N) is 2. The van der Waals surface area contributed by atoms with Gasteiger partial charge in [-0.05, 0) is 68.5 Å². The third-order valence-electron chi connectivity index (χ3n) is 6.94. The molecule has 2 aromatic rings. The molecule has 7 nitrogen and oxygen atoms in total. The van der Waals surface area contributed by atoms with E-state index in [2.05, 4.69) is 27.4 Å². The van der Waals surface area contributed by atoms with E-state index in [-0.39, 0.29) is 23.6 Å². The van der Waals surface area contributed by atoms with Gasteiger partial charge in [-0.1, -0.05) is 11.6 Å². The molecule has 2 unspecified atom stereocenters. The van der Waals surface area contributed by atoms with Gasteiger partial charge in [0, 0.05) is 55.1 Å². The van der Waals surface area contributed by atoms with E-state index < -0.39 is 0 Å². The van der Waals surface area contributed by atoms with Gasteiger partial charge in [-0.15, -0.1) is 0 Å². The first-order valence-electron chi connectivity index (χ1n) is 11.5.